The average molecular weight is 232 g/mol. The smallest absolute Gasteiger partial charge is 0.0110 e. The van der Waals surface area contributed by atoms with Crippen molar-refractivity contribution < 1.29 is 0 Å². The molecule has 0 atom stereocenters. The van der Waals surface area contributed by atoms with E-state index in [1.807, 2.05) is 0 Å². The highest BCUT2D eigenvalue weighted by atomic mass is 15.2. The molecule has 1 fully saturated rings. The molecule has 2 heteroatoms. The van der Waals surface area contributed by atoms with E-state index >= 15 is 0 Å². The summed E-state index contributed by atoms with van der Waals surface area (Å²) in [5, 5.41) is 0. The van der Waals surface area contributed by atoms with Crippen LogP contribution in [0.15, 0.2) is 24.3 Å². The van der Waals surface area contributed by atoms with Gasteiger partial charge in [0.2, 0.25) is 0 Å². The van der Waals surface area contributed by atoms with Crippen molar-refractivity contribution in [3.8, 4) is 0 Å². The number of aryl methyl sites for hydroxylation is 2. The first-order valence-corrected chi connectivity index (χ1v) is 6.71. The molecule has 0 bridgehead atoms. The van der Waals surface area contributed by atoms with Crippen LogP contribution in [0, 0.1) is 6.92 Å². The SMILES string of the molecule is Cc1ccccc1CCCN1CCN(C)CC1. The van der Waals surface area contributed by atoms with Gasteiger partial charge in [-0.3, -0.25) is 0 Å². The molecule has 94 valence electrons. The lowest BCUT2D eigenvalue weighted by Gasteiger charge is -2.32. The number of nitrogens with zero attached hydrogens (tertiary/aromatic N) is 2. The third-order valence-electron chi connectivity index (χ3n) is 3.78. The predicted octanol–water partition coefficient (Wildman–Crippen LogP) is 2.18. The van der Waals surface area contributed by atoms with Crippen LogP contribution in [0.2, 0.25) is 0 Å². The minimum Gasteiger partial charge on any atom is -0.304 e. The van der Waals surface area contributed by atoms with Crippen molar-refractivity contribution in [2.75, 3.05) is 39.8 Å². The van der Waals surface area contributed by atoms with Gasteiger partial charge in [0, 0.05) is 26.2 Å². The molecule has 17 heavy (non-hydrogen) atoms. The monoisotopic (exact) mass is 232 g/mol. The van der Waals surface area contributed by atoms with Gasteiger partial charge in [-0.05, 0) is 44.5 Å². The van der Waals surface area contributed by atoms with Gasteiger partial charge in [-0.25, -0.2) is 0 Å². The van der Waals surface area contributed by atoms with Gasteiger partial charge in [-0.1, -0.05) is 24.3 Å². The molecule has 1 heterocycles. The average Bonchev–Trinajstić information content (AvgIpc) is 2.34. The van der Waals surface area contributed by atoms with Crippen LogP contribution in [0.4, 0.5) is 0 Å². The van der Waals surface area contributed by atoms with E-state index in [1.165, 1.54) is 56.7 Å². The van der Waals surface area contributed by atoms with E-state index in [9.17, 15) is 0 Å². The van der Waals surface area contributed by atoms with Crippen molar-refractivity contribution in [1.82, 2.24) is 9.80 Å². The third-order valence-corrected chi connectivity index (χ3v) is 3.78. The first-order valence-electron chi connectivity index (χ1n) is 6.71. The van der Waals surface area contributed by atoms with Crippen LogP contribution in [-0.4, -0.2) is 49.6 Å². The molecule has 2 rings (SSSR count). The Kier molecular flexibility index (Phi) is 4.57. The number of benzene rings is 1. The van der Waals surface area contributed by atoms with Crippen molar-refractivity contribution in [3.63, 3.8) is 0 Å². The van der Waals surface area contributed by atoms with Crippen molar-refractivity contribution >= 4 is 0 Å². The largest absolute Gasteiger partial charge is 0.304 e. The van der Waals surface area contributed by atoms with E-state index in [0.717, 1.165) is 0 Å². The maximum absolute atomic E-state index is 2.60. The van der Waals surface area contributed by atoms with E-state index < -0.39 is 0 Å². The third kappa shape index (κ3) is 3.83. The lowest BCUT2D eigenvalue weighted by atomic mass is 10.0. The fourth-order valence-corrected chi connectivity index (χ4v) is 2.46. The number of rotatable bonds is 4. The summed E-state index contributed by atoms with van der Waals surface area (Å²) in [6, 6.07) is 8.75. The van der Waals surface area contributed by atoms with Crippen molar-refractivity contribution in [2.45, 2.75) is 19.8 Å². The van der Waals surface area contributed by atoms with Gasteiger partial charge in [0.1, 0.15) is 0 Å². The maximum atomic E-state index is 2.60. The standard InChI is InChI=1S/C15H24N2/c1-14-6-3-4-7-15(14)8-5-9-17-12-10-16(2)11-13-17/h3-4,6-7H,5,8-13H2,1-2H3. The van der Waals surface area contributed by atoms with Crippen LogP contribution in [-0.2, 0) is 6.42 Å². The van der Waals surface area contributed by atoms with Gasteiger partial charge in [-0.2, -0.15) is 0 Å². The molecule has 0 aromatic heterocycles. The van der Waals surface area contributed by atoms with E-state index in [0.29, 0.717) is 0 Å². The highest BCUT2D eigenvalue weighted by molar-refractivity contribution is 5.25. The number of likely N-dealkylation sites (N-methyl/N-ethyl adjacent to an activating group) is 1. The van der Waals surface area contributed by atoms with Crippen LogP contribution in [0.25, 0.3) is 0 Å². The Morgan fingerprint density at radius 3 is 2.47 bits per heavy atom. The van der Waals surface area contributed by atoms with Crippen LogP contribution >= 0.6 is 0 Å². The van der Waals surface area contributed by atoms with Gasteiger partial charge < -0.3 is 9.80 Å². The van der Waals surface area contributed by atoms with Crippen LogP contribution in [0.5, 0.6) is 0 Å². The fourth-order valence-electron chi connectivity index (χ4n) is 2.46. The van der Waals surface area contributed by atoms with Gasteiger partial charge >= 0.3 is 0 Å². The summed E-state index contributed by atoms with van der Waals surface area (Å²) >= 11 is 0. The van der Waals surface area contributed by atoms with Gasteiger partial charge in [0.15, 0.2) is 0 Å². The Balaban J connectivity index is 1.71. The minimum atomic E-state index is 1.22. The Bertz CT molecular complexity index is 341. The zero-order valence-corrected chi connectivity index (χ0v) is 11.2. The van der Waals surface area contributed by atoms with Gasteiger partial charge in [0.05, 0.1) is 0 Å². The highest BCUT2D eigenvalue weighted by Gasteiger charge is 2.12. The Morgan fingerprint density at radius 1 is 1.06 bits per heavy atom. The summed E-state index contributed by atoms with van der Waals surface area (Å²) in [5.41, 5.74) is 2.95. The maximum Gasteiger partial charge on any atom is 0.0110 e. The molecule has 0 aliphatic carbocycles. The molecule has 2 nitrogen and oxygen atoms in total. The molecule has 1 aliphatic heterocycles. The summed E-state index contributed by atoms with van der Waals surface area (Å²) in [6.45, 7) is 8.40. The summed E-state index contributed by atoms with van der Waals surface area (Å²) < 4.78 is 0. The number of hydrogen-bond donors (Lipinski definition) is 0. The molecular formula is C15H24N2. The van der Waals surface area contributed by atoms with Crippen LogP contribution in [0.1, 0.15) is 17.5 Å². The summed E-state index contributed by atoms with van der Waals surface area (Å²) in [4.78, 5) is 5.01. The van der Waals surface area contributed by atoms with E-state index in [2.05, 4.69) is 48.0 Å². The zero-order valence-electron chi connectivity index (χ0n) is 11.2. The van der Waals surface area contributed by atoms with Crippen molar-refractivity contribution in [3.05, 3.63) is 35.4 Å². The minimum absolute atomic E-state index is 1.22. The van der Waals surface area contributed by atoms with Gasteiger partial charge in [-0.15, -0.1) is 0 Å². The quantitative estimate of drug-likeness (QED) is 0.785. The topological polar surface area (TPSA) is 6.48 Å². The highest BCUT2D eigenvalue weighted by Crippen LogP contribution is 2.10. The second-order valence-corrected chi connectivity index (χ2v) is 5.17. The molecule has 0 radical (unpaired) electrons. The normalized spacial score (nSPS) is 18.5. The van der Waals surface area contributed by atoms with E-state index in [4.69, 9.17) is 0 Å². The number of piperazine rings is 1. The second kappa shape index (κ2) is 6.18. The molecule has 0 amide bonds. The van der Waals surface area contributed by atoms with Crippen LogP contribution < -0.4 is 0 Å². The van der Waals surface area contributed by atoms with Crippen molar-refractivity contribution in [1.29, 1.82) is 0 Å². The summed E-state index contributed by atoms with van der Waals surface area (Å²) in [6.07, 6.45) is 2.51. The Labute approximate surface area is 105 Å². The molecule has 0 unspecified atom stereocenters. The lowest BCUT2D eigenvalue weighted by Crippen LogP contribution is -2.44. The summed E-state index contributed by atoms with van der Waals surface area (Å²) in [5.74, 6) is 0. The molecule has 0 spiro atoms. The Hall–Kier alpha value is -0.860. The Morgan fingerprint density at radius 2 is 1.76 bits per heavy atom. The van der Waals surface area contributed by atoms with E-state index in [1.54, 1.807) is 0 Å². The predicted molar refractivity (Wildman–Crippen MR) is 73.4 cm³/mol. The fraction of sp³-hybridized carbons (Fsp3) is 0.600. The lowest BCUT2D eigenvalue weighted by molar-refractivity contribution is 0.153. The molecule has 1 aliphatic rings. The van der Waals surface area contributed by atoms with Crippen LogP contribution in [0.3, 0.4) is 0 Å². The van der Waals surface area contributed by atoms with Gasteiger partial charge in [0.25, 0.3) is 0 Å². The second-order valence-electron chi connectivity index (χ2n) is 5.17. The van der Waals surface area contributed by atoms with E-state index in [-0.39, 0.29) is 0 Å². The molecule has 0 saturated carbocycles. The zero-order chi connectivity index (χ0) is 12.1. The summed E-state index contributed by atoms with van der Waals surface area (Å²) in [7, 11) is 2.21. The molecule has 1 saturated heterocycles. The molecular weight excluding hydrogens is 208 g/mol. The number of hydrogen-bond acceptors (Lipinski definition) is 2. The first kappa shape index (κ1) is 12.6. The first-order chi connectivity index (χ1) is 8.25. The molecule has 0 N–H and O–H groups in total. The van der Waals surface area contributed by atoms with Crippen molar-refractivity contribution in [2.24, 2.45) is 0 Å². The molecule has 1 aromatic rings. The molecule has 1 aromatic carbocycles.